The van der Waals surface area contributed by atoms with Crippen LogP contribution in [0.2, 0.25) is 0 Å². The van der Waals surface area contributed by atoms with Crippen molar-refractivity contribution in [2.45, 2.75) is 480 Å². The molecule has 97 heavy (non-hydrogen) atoms. The average Bonchev–Trinajstić information content (AvgIpc) is 0.834. The number of unbranched alkanes of at least 4 members (excludes halogenated alkanes) is 59. The number of nitrogens with one attached hydrogen (secondary N) is 1. The maximum absolute atomic E-state index is 13.1. The molecule has 0 saturated carbocycles. The van der Waals surface area contributed by atoms with Crippen molar-refractivity contribution >= 4 is 11.9 Å². The smallest absolute Gasteiger partial charge is 0.305 e. The molecule has 1 aliphatic heterocycles. The lowest BCUT2D eigenvalue weighted by atomic mass is 9.99. The number of allylic oxidation sites excluding steroid dienone is 5. The fourth-order valence-corrected chi connectivity index (χ4v) is 13.8. The summed E-state index contributed by atoms with van der Waals surface area (Å²) in [5, 5.41) is 54.5. The van der Waals surface area contributed by atoms with Gasteiger partial charge in [0, 0.05) is 12.8 Å². The first-order chi connectivity index (χ1) is 47.7. The largest absolute Gasteiger partial charge is 0.466 e. The molecule has 0 radical (unpaired) electrons. The number of rotatable bonds is 77. The van der Waals surface area contributed by atoms with Crippen molar-refractivity contribution in [1.29, 1.82) is 0 Å². The van der Waals surface area contributed by atoms with E-state index in [2.05, 4.69) is 43.5 Å². The Hall–Kier alpha value is -2.12. The molecule has 0 aromatic rings. The Kier molecular flexibility index (Phi) is 71.9. The molecule has 1 amide bonds. The van der Waals surface area contributed by atoms with Gasteiger partial charge < -0.3 is 45.1 Å². The number of amides is 1. The molecule has 0 aliphatic carbocycles. The second-order valence-electron chi connectivity index (χ2n) is 29.9. The first-order valence-corrected chi connectivity index (χ1v) is 42.8. The highest BCUT2D eigenvalue weighted by Crippen LogP contribution is 2.24. The summed E-state index contributed by atoms with van der Waals surface area (Å²) in [6, 6.07) is -0.830. The van der Waals surface area contributed by atoms with Crippen LogP contribution < -0.4 is 5.32 Å². The minimum atomic E-state index is -1.58. The van der Waals surface area contributed by atoms with E-state index in [9.17, 15) is 35.1 Å². The molecule has 1 rings (SSSR count). The van der Waals surface area contributed by atoms with Gasteiger partial charge in [0.25, 0.3) is 0 Å². The van der Waals surface area contributed by atoms with Gasteiger partial charge in [-0.2, -0.15) is 0 Å². The van der Waals surface area contributed by atoms with Gasteiger partial charge in [0.15, 0.2) is 6.29 Å². The van der Waals surface area contributed by atoms with E-state index in [-0.39, 0.29) is 18.5 Å². The maximum atomic E-state index is 13.1. The molecule has 0 bridgehead atoms. The third-order valence-electron chi connectivity index (χ3n) is 20.5. The molecule has 0 aromatic heterocycles. The van der Waals surface area contributed by atoms with Crippen molar-refractivity contribution in [1.82, 2.24) is 5.32 Å². The second-order valence-corrected chi connectivity index (χ2v) is 29.9. The van der Waals surface area contributed by atoms with Crippen LogP contribution in [0.1, 0.15) is 438 Å². The third-order valence-corrected chi connectivity index (χ3v) is 20.5. The van der Waals surface area contributed by atoms with Crippen molar-refractivity contribution in [3.8, 4) is 0 Å². The average molecular weight is 1370 g/mol. The Labute approximate surface area is 600 Å². The molecular weight excluding hydrogens is 1210 g/mol. The van der Waals surface area contributed by atoms with E-state index in [1.165, 1.54) is 347 Å². The van der Waals surface area contributed by atoms with Crippen LogP contribution in [0.5, 0.6) is 0 Å². The quantitative estimate of drug-likeness (QED) is 0.0195. The van der Waals surface area contributed by atoms with Crippen molar-refractivity contribution < 1.29 is 49.3 Å². The number of hydrogen-bond acceptors (Lipinski definition) is 10. The molecular formula is C86H163NO10. The van der Waals surface area contributed by atoms with E-state index in [4.69, 9.17) is 14.2 Å². The summed E-state index contributed by atoms with van der Waals surface area (Å²) in [6.45, 7) is 4.34. The number of aliphatic hydroxyl groups is 5. The Bertz CT molecular complexity index is 1710. The van der Waals surface area contributed by atoms with E-state index >= 15 is 0 Å². The molecule has 572 valence electrons. The van der Waals surface area contributed by atoms with Gasteiger partial charge in [0.1, 0.15) is 24.4 Å². The normalized spacial score (nSPS) is 17.4. The van der Waals surface area contributed by atoms with Crippen LogP contribution in [0.4, 0.5) is 0 Å². The summed E-state index contributed by atoms with van der Waals surface area (Å²) < 4.78 is 16.8. The number of carbonyl (C=O) groups excluding carboxylic acids is 2. The SMILES string of the molecule is CCCC/C=C/CC/C=C/CC/C=C/C(O)C(COC1OC(CO)C(O)C(O)C1O)NC(=O)CCCCCCCCCCCCCCCCCCCCCCCCCCCCCCCCCCCCCCCCCOC(=O)CCCCCCCCCCCCCCCCCCCC. The summed E-state index contributed by atoms with van der Waals surface area (Å²) in [7, 11) is 0. The number of hydrogen-bond donors (Lipinski definition) is 6. The summed E-state index contributed by atoms with van der Waals surface area (Å²) in [5.41, 5.74) is 0. The zero-order valence-electron chi connectivity index (χ0n) is 64.1. The zero-order valence-corrected chi connectivity index (χ0v) is 64.1. The number of ether oxygens (including phenoxy) is 3. The van der Waals surface area contributed by atoms with Crippen molar-refractivity contribution in [3.05, 3.63) is 36.5 Å². The predicted molar refractivity (Wildman–Crippen MR) is 412 cm³/mol. The molecule has 0 spiro atoms. The van der Waals surface area contributed by atoms with Crippen LogP contribution in [0.3, 0.4) is 0 Å². The molecule has 1 aliphatic rings. The lowest BCUT2D eigenvalue weighted by molar-refractivity contribution is -0.302. The summed E-state index contributed by atoms with van der Waals surface area (Å²) in [6.07, 6.45) is 89.4. The van der Waals surface area contributed by atoms with E-state index in [0.29, 0.717) is 19.4 Å². The molecule has 7 unspecified atom stereocenters. The van der Waals surface area contributed by atoms with Crippen LogP contribution >= 0.6 is 0 Å². The Morgan fingerprint density at radius 3 is 1.01 bits per heavy atom. The van der Waals surface area contributed by atoms with Gasteiger partial charge in [-0.1, -0.05) is 410 Å². The molecule has 11 nitrogen and oxygen atoms in total. The minimum Gasteiger partial charge on any atom is -0.466 e. The highest BCUT2D eigenvalue weighted by Gasteiger charge is 2.44. The van der Waals surface area contributed by atoms with E-state index < -0.39 is 49.5 Å². The predicted octanol–water partition coefficient (Wildman–Crippen LogP) is 23.6. The molecule has 1 heterocycles. The fourth-order valence-electron chi connectivity index (χ4n) is 13.8. The Morgan fingerprint density at radius 1 is 0.371 bits per heavy atom. The first kappa shape index (κ1) is 92.9. The lowest BCUT2D eigenvalue weighted by Gasteiger charge is -2.40. The van der Waals surface area contributed by atoms with Gasteiger partial charge in [0.2, 0.25) is 5.91 Å². The Morgan fingerprint density at radius 2 is 0.670 bits per heavy atom. The Balaban J connectivity index is 1.84. The lowest BCUT2D eigenvalue weighted by Crippen LogP contribution is -2.60. The third kappa shape index (κ3) is 63.3. The van der Waals surface area contributed by atoms with Gasteiger partial charge >= 0.3 is 5.97 Å². The number of esters is 1. The topological polar surface area (TPSA) is 175 Å². The van der Waals surface area contributed by atoms with E-state index in [0.717, 1.165) is 64.2 Å². The van der Waals surface area contributed by atoms with Gasteiger partial charge in [-0.05, 0) is 51.4 Å². The number of carbonyl (C=O) groups is 2. The molecule has 0 aromatic carbocycles. The molecule has 7 atom stereocenters. The fraction of sp³-hybridized carbons (Fsp3) is 0.907. The van der Waals surface area contributed by atoms with Crippen LogP contribution in [-0.4, -0.2) is 100 Å². The van der Waals surface area contributed by atoms with Gasteiger partial charge in [-0.3, -0.25) is 9.59 Å². The van der Waals surface area contributed by atoms with E-state index in [1.54, 1.807) is 6.08 Å². The van der Waals surface area contributed by atoms with Crippen molar-refractivity contribution in [2.75, 3.05) is 19.8 Å². The molecule has 1 fully saturated rings. The first-order valence-electron chi connectivity index (χ1n) is 42.8. The maximum Gasteiger partial charge on any atom is 0.305 e. The number of aliphatic hydroxyl groups excluding tert-OH is 5. The second kappa shape index (κ2) is 75.1. The highest BCUT2D eigenvalue weighted by molar-refractivity contribution is 5.76. The highest BCUT2D eigenvalue weighted by atomic mass is 16.7. The summed E-state index contributed by atoms with van der Waals surface area (Å²) in [5.74, 6) is -0.166. The van der Waals surface area contributed by atoms with E-state index in [1.807, 2.05) is 6.08 Å². The van der Waals surface area contributed by atoms with Crippen LogP contribution in [0.25, 0.3) is 0 Å². The monoisotopic (exact) mass is 1370 g/mol. The molecule has 6 N–H and O–H groups in total. The van der Waals surface area contributed by atoms with Crippen molar-refractivity contribution in [2.24, 2.45) is 0 Å². The standard InChI is InChI=1S/C86H163NO10/c1-3-5-7-9-11-13-15-17-18-19-44-47-50-54-58-62-66-70-74-82(91)95-75-71-67-63-59-55-51-48-45-42-40-38-36-34-32-30-28-26-24-22-20-21-23-25-27-29-31-33-35-37-39-41-43-46-49-53-57-61-65-69-73-81(90)87-78(77-96-86-85(94)84(93)83(92)80(76-88)97-86)79(89)72-68-64-60-56-52-16-14-12-10-8-6-4-2/h10,12,52,56,68,72,78-80,83-86,88-89,92-94H,3-9,11,13-51,53-55,57-67,69-71,73-77H2,1-2H3,(H,87,90)/b12-10+,56-52+,72-68+. The van der Waals surface area contributed by atoms with Crippen LogP contribution in [0, 0.1) is 0 Å². The van der Waals surface area contributed by atoms with Gasteiger partial charge in [0.05, 0.1) is 32.0 Å². The van der Waals surface area contributed by atoms with Gasteiger partial charge in [-0.25, -0.2) is 0 Å². The minimum absolute atomic E-state index is 0.0234. The summed E-state index contributed by atoms with van der Waals surface area (Å²) in [4.78, 5) is 25.2. The zero-order chi connectivity index (χ0) is 70.1. The van der Waals surface area contributed by atoms with Crippen molar-refractivity contribution in [3.63, 3.8) is 0 Å². The summed E-state index contributed by atoms with van der Waals surface area (Å²) >= 11 is 0. The van der Waals surface area contributed by atoms with Crippen LogP contribution in [-0.2, 0) is 23.8 Å². The molecule has 11 heteroatoms. The van der Waals surface area contributed by atoms with Gasteiger partial charge in [-0.15, -0.1) is 0 Å². The van der Waals surface area contributed by atoms with Crippen LogP contribution in [0.15, 0.2) is 36.5 Å². The molecule has 1 saturated heterocycles.